The number of furan rings is 1. The maximum absolute atomic E-state index is 12.0. The second-order valence-corrected chi connectivity index (χ2v) is 5.36. The van der Waals surface area contributed by atoms with Gasteiger partial charge in [0, 0.05) is 18.5 Å². The highest BCUT2D eigenvalue weighted by atomic mass is 16.4. The number of amides is 1. The summed E-state index contributed by atoms with van der Waals surface area (Å²) in [4.78, 5) is 16.5. The van der Waals surface area contributed by atoms with Crippen molar-refractivity contribution in [3.8, 4) is 11.5 Å². The van der Waals surface area contributed by atoms with Crippen molar-refractivity contribution in [2.75, 3.05) is 6.54 Å². The third-order valence-corrected chi connectivity index (χ3v) is 3.66. The van der Waals surface area contributed by atoms with Crippen LogP contribution in [-0.4, -0.2) is 17.4 Å². The number of hydrogen-bond donors (Lipinski definition) is 1. The first-order chi connectivity index (χ1) is 11.1. The summed E-state index contributed by atoms with van der Waals surface area (Å²) in [7, 11) is 0. The molecule has 5 heteroatoms. The van der Waals surface area contributed by atoms with E-state index in [9.17, 15) is 4.79 Å². The summed E-state index contributed by atoms with van der Waals surface area (Å²) in [6.07, 6.45) is 3.63. The Hall–Kier alpha value is -2.82. The first-order valence-electron chi connectivity index (χ1n) is 7.48. The molecule has 0 unspecified atom stereocenters. The molecule has 0 fully saturated rings. The molecule has 0 bridgehead atoms. The van der Waals surface area contributed by atoms with E-state index < -0.39 is 0 Å². The normalized spacial score (nSPS) is 10.7. The molecule has 0 saturated carbocycles. The molecule has 3 aromatic rings. The van der Waals surface area contributed by atoms with Crippen molar-refractivity contribution >= 4 is 5.91 Å². The Kier molecular flexibility index (Phi) is 4.28. The van der Waals surface area contributed by atoms with E-state index in [2.05, 4.69) is 10.3 Å². The zero-order valence-electron chi connectivity index (χ0n) is 13.1. The van der Waals surface area contributed by atoms with Crippen LogP contribution in [0.5, 0.6) is 0 Å². The number of benzene rings is 1. The lowest BCUT2D eigenvalue weighted by Crippen LogP contribution is -2.26. The molecule has 0 aliphatic carbocycles. The van der Waals surface area contributed by atoms with Crippen LogP contribution in [0.15, 0.2) is 51.7 Å². The van der Waals surface area contributed by atoms with Crippen molar-refractivity contribution in [2.24, 2.45) is 0 Å². The van der Waals surface area contributed by atoms with Crippen LogP contribution in [0.25, 0.3) is 11.5 Å². The number of aromatic nitrogens is 1. The first-order valence-corrected chi connectivity index (χ1v) is 7.48. The number of aryl methyl sites for hydroxylation is 2. The largest absolute Gasteiger partial charge is 0.471 e. The summed E-state index contributed by atoms with van der Waals surface area (Å²) in [5.41, 5.74) is 3.19. The minimum Gasteiger partial charge on any atom is -0.471 e. The molecule has 23 heavy (non-hydrogen) atoms. The molecule has 0 saturated heterocycles. The predicted octanol–water partition coefficient (Wildman–Crippen LogP) is 3.52. The van der Waals surface area contributed by atoms with Gasteiger partial charge < -0.3 is 14.2 Å². The van der Waals surface area contributed by atoms with E-state index in [0.29, 0.717) is 24.4 Å². The monoisotopic (exact) mass is 310 g/mol. The van der Waals surface area contributed by atoms with Crippen molar-refractivity contribution in [1.82, 2.24) is 10.3 Å². The van der Waals surface area contributed by atoms with Crippen molar-refractivity contribution in [1.29, 1.82) is 0 Å². The van der Waals surface area contributed by atoms with Crippen molar-refractivity contribution < 1.29 is 13.6 Å². The van der Waals surface area contributed by atoms with Crippen LogP contribution in [0.1, 0.15) is 27.4 Å². The van der Waals surface area contributed by atoms with E-state index in [0.717, 1.165) is 22.6 Å². The maximum Gasteiger partial charge on any atom is 0.254 e. The van der Waals surface area contributed by atoms with Crippen LogP contribution >= 0.6 is 0 Å². The Morgan fingerprint density at radius 2 is 1.96 bits per heavy atom. The van der Waals surface area contributed by atoms with Crippen molar-refractivity contribution in [3.63, 3.8) is 0 Å². The highest BCUT2D eigenvalue weighted by molar-refractivity contribution is 5.95. The van der Waals surface area contributed by atoms with Gasteiger partial charge in [0.1, 0.15) is 12.0 Å². The summed E-state index contributed by atoms with van der Waals surface area (Å²) >= 11 is 0. The SMILES string of the molecule is Cc1cocc1C(=O)NCCc1nc(-c2ccccc2)oc1C. The second kappa shape index (κ2) is 6.52. The fourth-order valence-electron chi connectivity index (χ4n) is 2.35. The van der Waals surface area contributed by atoms with Crippen LogP contribution < -0.4 is 5.32 Å². The summed E-state index contributed by atoms with van der Waals surface area (Å²) < 4.78 is 10.7. The highest BCUT2D eigenvalue weighted by Crippen LogP contribution is 2.21. The van der Waals surface area contributed by atoms with Crippen LogP contribution in [0.3, 0.4) is 0 Å². The Morgan fingerprint density at radius 3 is 2.65 bits per heavy atom. The van der Waals surface area contributed by atoms with Gasteiger partial charge in [-0.3, -0.25) is 4.79 Å². The predicted molar refractivity (Wildman–Crippen MR) is 86.2 cm³/mol. The summed E-state index contributed by atoms with van der Waals surface area (Å²) in [6.45, 7) is 4.22. The molecule has 1 N–H and O–H groups in total. The molecule has 0 aliphatic rings. The molecule has 0 spiro atoms. The van der Waals surface area contributed by atoms with Gasteiger partial charge in [0.2, 0.25) is 5.89 Å². The number of nitrogens with zero attached hydrogens (tertiary/aromatic N) is 1. The number of rotatable bonds is 5. The molecule has 0 atom stereocenters. The quantitative estimate of drug-likeness (QED) is 0.783. The smallest absolute Gasteiger partial charge is 0.254 e. The molecule has 0 aliphatic heterocycles. The van der Waals surface area contributed by atoms with E-state index in [-0.39, 0.29) is 5.91 Å². The Balaban J connectivity index is 1.62. The van der Waals surface area contributed by atoms with E-state index in [1.165, 1.54) is 6.26 Å². The van der Waals surface area contributed by atoms with Gasteiger partial charge in [0.05, 0.1) is 17.5 Å². The molecular formula is C18H18N2O3. The van der Waals surface area contributed by atoms with Gasteiger partial charge in [-0.05, 0) is 31.5 Å². The van der Waals surface area contributed by atoms with Crippen LogP contribution in [0, 0.1) is 13.8 Å². The van der Waals surface area contributed by atoms with Crippen LogP contribution in [-0.2, 0) is 6.42 Å². The van der Waals surface area contributed by atoms with E-state index >= 15 is 0 Å². The fourth-order valence-corrected chi connectivity index (χ4v) is 2.35. The third kappa shape index (κ3) is 3.34. The Bertz CT molecular complexity index is 803. The lowest BCUT2D eigenvalue weighted by Gasteiger charge is -2.02. The number of carbonyl (C=O) groups excluding carboxylic acids is 1. The van der Waals surface area contributed by atoms with Gasteiger partial charge in [-0.25, -0.2) is 4.98 Å². The molecule has 5 nitrogen and oxygen atoms in total. The molecule has 118 valence electrons. The van der Waals surface area contributed by atoms with Gasteiger partial charge in [-0.2, -0.15) is 0 Å². The molecule has 1 aromatic carbocycles. The maximum atomic E-state index is 12.0. The third-order valence-electron chi connectivity index (χ3n) is 3.66. The zero-order valence-corrected chi connectivity index (χ0v) is 13.1. The summed E-state index contributed by atoms with van der Waals surface area (Å²) in [5, 5.41) is 2.87. The Labute approximate surface area is 134 Å². The summed E-state index contributed by atoms with van der Waals surface area (Å²) in [6, 6.07) is 9.76. The number of oxazole rings is 1. The lowest BCUT2D eigenvalue weighted by atomic mass is 10.2. The van der Waals surface area contributed by atoms with E-state index in [1.807, 2.05) is 44.2 Å². The number of carbonyl (C=O) groups is 1. The average Bonchev–Trinajstić information content (AvgIpc) is 3.14. The van der Waals surface area contributed by atoms with Crippen LogP contribution in [0.2, 0.25) is 0 Å². The average molecular weight is 310 g/mol. The minimum atomic E-state index is -0.138. The molecule has 2 aromatic heterocycles. The van der Waals surface area contributed by atoms with E-state index in [1.54, 1.807) is 6.26 Å². The molecule has 0 radical (unpaired) electrons. The molecule has 1 amide bonds. The molecular weight excluding hydrogens is 292 g/mol. The van der Waals surface area contributed by atoms with Crippen molar-refractivity contribution in [3.05, 3.63) is 65.4 Å². The topological polar surface area (TPSA) is 68.3 Å². The number of hydrogen-bond acceptors (Lipinski definition) is 4. The highest BCUT2D eigenvalue weighted by Gasteiger charge is 2.13. The second-order valence-electron chi connectivity index (χ2n) is 5.36. The standard InChI is InChI=1S/C18H18N2O3/c1-12-10-22-11-15(12)17(21)19-9-8-16-13(2)23-18(20-16)14-6-4-3-5-7-14/h3-7,10-11H,8-9H2,1-2H3,(H,19,21). The van der Waals surface area contributed by atoms with E-state index in [4.69, 9.17) is 8.83 Å². The minimum absolute atomic E-state index is 0.138. The van der Waals surface area contributed by atoms with Gasteiger partial charge in [-0.1, -0.05) is 18.2 Å². The van der Waals surface area contributed by atoms with Crippen LogP contribution in [0.4, 0.5) is 0 Å². The Morgan fingerprint density at radius 1 is 1.17 bits per heavy atom. The van der Waals surface area contributed by atoms with Gasteiger partial charge in [-0.15, -0.1) is 0 Å². The van der Waals surface area contributed by atoms with Crippen molar-refractivity contribution in [2.45, 2.75) is 20.3 Å². The van der Waals surface area contributed by atoms with Gasteiger partial charge >= 0.3 is 0 Å². The number of nitrogens with one attached hydrogen (secondary N) is 1. The molecule has 2 heterocycles. The molecule has 3 rings (SSSR count). The first kappa shape index (κ1) is 15.1. The fraction of sp³-hybridized carbons (Fsp3) is 0.222. The van der Waals surface area contributed by atoms with Gasteiger partial charge in [0.15, 0.2) is 0 Å². The zero-order chi connectivity index (χ0) is 16.2. The summed E-state index contributed by atoms with van der Waals surface area (Å²) in [5.74, 6) is 1.24. The lowest BCUT2D eigenvalue weighted by molar-refractivity contribution is 0.0953. The van der Waals surface area contributed by atoms with Gasteiger partial charge in [0.25, 0.3) is 5.91 Å².